The topological polar surface area (TPSA) is 147 Å². The summed E-state index contributed by atoms with van der Waals surface area (Å²) in [6.45, 7) is 7.24. The molecule has 0 unspecified atom stereocenters. The molecule has 3 fully saturated rings. The van der Waals surface area contributed by atoms with Crippen LogP contribution in [0, 0.1) is 11.3 Å². The molecule has 6 heterocycles. The molecule has 0 bridgehead atoms. The summed E-state index contributed by atoms with van der Waals surface area (Å²) in [6, 6.07) is 6.95. The Morgan fingerprint density at radius 3 is 2.74 bits per heavy atom. The number of nitrogens with zero attached hydrogens (tertiary/aromatic N) is 8. The smallest absolute Gasteiger partial charge is 0.186 e. The lowest BCUT2D eigenvalue weighted by molar-refractivity contribution is -0.0743. The van der Waals surface area contributed by atoms with Gasteiger partial charge in [0.1, 0.15) is 11.9 Å². The third kappa shape index (κ3) is 4.29. The van der Waals surface area contributed by atoms with Crippen LogP contribution in [0.25, 0.3) is 22.6 Å². The zero-order valence-corrected chi connectivity index (χ0v) is 27.3. The van der Waals surface area contributed by atoms with E-state index < -0.39 is 5.41 Å². The van der Waals surface area contributed by atoms with Crippen LogP contribution in [0.15, 0.2) is 22.9 Å². The molecular formula is C35H42N10O2. The quantitative estimate of drug-likeness (QED) is 0.317. The number of hydrogen-bond donors (Lipinski definition) is 2. The van der Waals surface area contributed by atoms with Crippen molar-refractivity contribution in [2.24, 2.45) is 0 Å². The van der Waals surface area contributed by atoms with Crippen molar-refractivity contribution in [1.29, 1.82) is 5.26 Å². The SMILES string of the molecule is C[C@@H]([C@@H]1CCCN1C)n1ncc2c(N3CCNC4(COC4)C3)nc(-c3noc4c3CCC[C@@]43CCCc4ccc(N)c(C#N)c43)nc21. The summed E-state index contributed by atoms with van der Waals surface area (Å²) in [7, 11) is 2.21. The van der Waals surface area contributed by atoms with E-state index in [0.717, 1.165) is 105 Å². The summed E-state index contributed by atoms with van der Waals surface area (Å²) < 4.78 is 14.1. The largest absolute Gasteiger partial charge is 0.398 e. The fourth-order valence-corrected chi connectivity index (χ4v) is 9.44. The van der Waals surface area contributed by atoms with E-state index >= 15 is 0 Å². The highest BCUT2D eigenvalue weighted by Gasteiger charge is 2.48. The van der Waals surface area contributed by atoms with E-state index in [1.165, 1.54) is 12.0 Å². The number of benzene rings is 1. The van der Waals surface area contributed by atoms with E-state index in [2.05, 4.69) is 45.9 Å². The molecular weight excluding hydrogens is 592 g/mol. The van der Waals surface area contributed by atoms with Gasteiger partial charge in [-0.05, 0) is 89.1 Å². The van der Waals surface area contributed by atoms with Gasteiger partial charge in [0.05, 0.1) is 47.4 Å². The van der Waals surface area contributed by atoms with Crippen LogP contribution < -0.4 is 16.0 Å². The number of nitriles is 1. The second kappa shape index (κ2) is 10.7. The lowest BCUT2D eigenvalue weighted by Gasteiger charge is -2.49. The highest BCUT2D eigenvalue weighted by Crippen LogP contribution is 2.53. The molecule has 3 aliphatic heterocycles. The third-order valence-electron chi connectivity index (χ3n) is 11.8. The Labute approximate surface area is 274 Å². The number of rotatable bonds is 4. The van der Waals surface area contributed by atoms with Crippen LogP contribution in [0.5, 0.6) is 0 Å². The predicted molar refractivity (Wildman–Crippen MR) is 177 cm³/mol. The van der Waals surface area contributed by atoms with E-state index in [1.807, 2.05) is 12.3 Å². The van der Waals surface area contributed by atoms with Crippen molar-refractivity contribution in [2.75, 3.05) is 57.1 Å². The molecule has 12 nitrogen and oxygen atoms in total. The molecule has 0 saturated carbocycles. The van der Waals surface area contributed by atoms with E-state index in [-0.39, 0.29) is 11.6 Å². The van der Waals surface area contributed by atoms with Gasteiger partial charge in [-0.3, -0.25) is 0 Å². The van der Waals surface area contributed by atoms with E-state index in [4.69, 9.17) is 35.2 Å². The van der Waals surface area contributed by atoms with Gasteiger partial charge in [-0.1, -0.05) is 11.2 Å². The van der Waals surface area contributed by atoms with Gasteiger partial charge in [-0.2, -0.15) is 10.4 Å². The fraction of sp³-hybridized carbons (Fsp3) is 0.571. The summed E-state index contributed by atoms with van der Waals surface area (Å²) in [5.74, 6) is 2.32. The molecule has 3 saturated heterocycles. The molecule has 47 heavy (non-hydrogen) atoms. The van der Waals surface area contributed by atoms with Gasteiger partial charge in [-0.15, -0.1) is 0 Å². The Hall–Kier alpha value is -4.05. The number of fused-ring (bicyclic) bond motifs is 5. The summed E-state index contributed by atoms with van der Waals surface area (Å²) in [5, 5.41) is 24.6. The minimum Gasteiger partial charge on any atom is -0.398 e. The normalized spacial score (nSPS) is 25.9. The molecule has 2 aliphatic carbocycles. The van der Waals surface area contributed by atoms with Gasteiger partial charge in [0.2, 0.25) is 0 Å². The average molecular weight is 635 g/mol. The molecule has 0 amide bonds. The molecule has 244 valence electrons. The molecule has 3 aromatic heterocycles. The molecule has 3 N–H and O–H groups in total. The molecule has 2 spiro atoms. The maximum Gasteiger partial charge on any atom is 0.186 e. The highest BCUT2D eigenvalue weighted by molar-refractivity contribution is 5.89. The first-order valence-corrected chi connectivity index (χ1v) is 17.3. The number of nitrogens with one attached hydrogen (secondary N) is 1. The van der Waals surface area contributed by atoms with Crippen molar-refractivity contribution in [1.82, 2.24) is 35.1 Å². The molecule has 4 aromatic rings. The summed E-state index contributed by atoms with van der Waals surface area (Å²) in [6.07, 6.45) is 9.81. The van der Waals surface area contributed by atoms with Gasteiger partial charge in [-0.25, -0.2) is 14.6 Å². The van der Waals surface area contributed by atoms with E-state index in [1.54, 1.807) is 0 Å². The third-order valence-corrected chi connectivity index (χ3v) is 11.8. The van der Waals surface area contributed by atoms with Crippen LogP contribution in [0.1, 0.15) is 79.5 Å². The number of likely N-dealkylation sites (tertiary alicyclic amines) is 1. The molecule has 12 heteroatoms. The van der Waals surface area contributed by atoms with Crippen LogP contribution in [-0.2, 0) is 23.0 Å². The number of aryl methyl sites for hydroxylation is 1. The first-order chi connectivity index (χ1) is 22.9. The summed E-state index contributed by atoms with van der Waals surface area (Å²) in [5.41, 5.74) is 11.8. The minimum atomic E-state index is -0.432. The van der Waals surface area contributed by atoms with Crippen LogP contribution in [0.4, 0.5) is 11.5 Å². The number of ether oxygens (including phenoxy) is 1. The zero-order chi connectivity index (χ0) is 31.9. The lowest BCUT2D eigenvalue weighted by atomic mass is 9.61. The number of hydrogen-bond acceptors (Lipinski definition) is 11. The predicted octanol–water partition coefficient (Wildman–Crippen LogP) is 3.73. The Balaban J connectivity index is 1.21. The minimum absolute atomic E-state index is 0.0559. The number of nitrogen functional groups attached to an aromatic ring is 1. The van der Waals surface area contributed by atoms with Gasteiger partial charge in [0, 0.05) is 36.9 Å². The lowest BCUT2D eigenvalue weighted by Crippen LogP contribution is -2.70. The highest BCUT2D eigenvalue weighted by atomic mass is 16.5. The Morgan fingerprint density at radius 1 is 1.13 bits per heavy atom. The maximum atomic E-state index is 10.3. The zero-order valence-electron chi connectivity index (χ0n) is 27.3. The first-order valence-electron chi connectivity index (χ1n) is 17.3. The number of piperazine rings is 1. The van der Waals surface area contributed by atoms with E-state index in [9.17, 15) is 5.26 Å². The summed E-state index contributed by atoms with van der Waals surface area (Å²) >= 11 is 0. The van der Waals surface area contributed by atoms with Crippen molar-refractivity contribution in [3.05, 3.63) is 46.3 Å². The average Bonchev–Trinajstić information content (AvgIpc) is 3.82. The Morgan fingerprint density at radius 2 is 1.98 bits per heavy atom. The second-order valence-corrected chi connectivity index (χ2v) is 14.6. The summed E-state index contributed by atoms with van der Waals surface area (Å²) in [4.78, 5) is 15.4. The molecule has 0 radical (unpaired) electrons. The monoisotopic (exact) mass is 634 g/mol. The number of aromatic nitrogens is 5. The molecule has 5 aliphatic rings. The van der Waals surface area contributed by atoms with Crippen LogP contribution in [0.3, 0.4) is 0 Å². The van der Waals surface area contributed by atoms with Gasteiger partial charge >= 0.3 is 0 Å². The second-order valence-electron chi connectivity index (χ2n) is 14.6. The van der Waals surface area contributed by atoms with Crippen molar-refractivity contribution in [2.45, 2.75) is 81.3 Å². The van der Waals surface area contributed by atoms with Crippen LogP contribution in [-0.4, -0.2) is 87.8 Å². The van der Waals surface area contributed by atoms with Crippen LogP contribution >= 0.6 is 0 Å². The van der Waals surface area contributed by atoms with Crippen molar-refractivity contribution >= 4 is 22.5 Å². The van der Waals surface area contributed by atoms with Crippen molar-refractivity contribution in [3.8, 4) is 17.6 Å². The number of likely N-dealkylation sites (N-methyl/N-ethyl adjacent to an activating group) is 1. The van der Waals surface area contributed by atoms with Crippen molar-refractivity contribution in [3.63, 3.8) is 0 Å². The molecule has 9 rings (SSSR count). The Bertz CT molecular complexity index is 1920. The Kier molecular flexibility index (Phi) is 6.65. The number of nitrogens with two attached hydrogens (primary N) is 1. The van der Waals surface area contributed by atoms with Gasteiger partial charge < -0.3 is 30.1 Å². The number of anilines is 2. The van der Waals surface area contributed by atoms with Gasteiger partial charge in [0.15, 0.2) is 22.9 Å². The standard InChI is InChI=1S/C35H42N10O2/c1-21(27-8-5-14-43(27)2)45-33-25(17-39-45)32(44-15-13-38-34(18-44)19-46-20-34)40-31(41-33)29-23-7-4-12-35(30(23)47-42-29)11-3-6-22-9-10-26(37)24(16-36)28(22)35/h9-10,17,21,27,38H,3-8,11-15,18-20,37H2,1-2H3/t21-,27-,35+/m0/s1. The van der Waals surface area contributed by atoms with Gasteiger partial charge in [0.25, 0.3) is 0 Å². The first kappa shape index (κ1) is 29.1. The maximum absolute atomic E-state index is 10.3. The van der Waals surface area contributed by atoms with E-state index in [0.29, 0.717) is 42.0 Å². The van der Waals surface area contributed by atoms with Crippen molar-refractivity contribution < 1.29 is 9.26 Å². The fourth-order valence-electron chi connectivity index (χ4n) is 9.44. The molecule has 1 aromatic carbocycles. The molecule has 3 atom stereocenters. The van der Waals surface area contributed by atoms with Crippen LogP contribution in [0.2, 0.25) is 0 Å².